The number of carboxylic acids is 1. The molecule has 0 saturated heterocycles. The summed E-state index contributed by atoms with van der Waals surface area (Å²) in [5.41, 5.74) is 2.75. The minimum atomic E-state index is -0.966. The molecule has 4 aromatic rings. The Balaban J connectivity index is 1.80. The lowest BCUT2D eigenvalue weighted by atomic mass is 10.1. The van der Waals surface area contributed by atoms with E-state index in [0.29, 0.717) is 22.1 Å². The van der Waals surface area contributed by atoms with Crippen LogP contribution in [0.1, 0.15) is 5.56 Å². The van der Waals surface area contributed by atoms with Crippen molar-refractivity contribution in [2.75, 3.05) is 0 Å². The van der Waals surface area contributed by atoms with Crippen molar-refractivity contribution in [1.29, 1.82) is 5.26 Å². The zero-order valence-corrected chi connectivity index (χ0v) is 17.9. The fraction of sp³-hybridized carbons (Fsp3) is 0.0909. The number of nitriles is 1. The Morgan fingerprint density at radius 2 is 1.87 bits per heavy atom. The molecular formula is C22H16ClN5O2S. The van der Waals surface area contributed by atoms with Crippen LogP contribution in [0.3, 0.4) is 0 Å². The maximum Gasteiger partial charge on any atom is 0.325 e. The number of nitrogens with zero attached hydrogens (tertiary/aromatic N) is 5. The first-order valence-electron chi connectivity index (χ1n) is 9.21. The number of imidazole rings is 1. The van der Waals surface area contributed by atoms with Crippen molar-refractivity contribution in [1.82, 2.24) is 19.3 Å². The fourth-order valence-electron chi connectivity index (χ4n) is 3.04. The molecule has 0 radical (unpaired) electrons. The number of hydrogen-bond acceptors (Lipinski definition) is 5. The van der Waals surface area contributed by atoms with Crippen LogP contribution in [0.2, 0.25) is 5.02 Å². The van der Waals surface area contributed by atoms with Crippen molar-refractivity contribution >= 4 is 29.3 Å². The third-order valence-electron chi connectivity index (χ3n) is 4.53. The molecule has 7 nitrogen and oxygen atoms in total. The van der Waals surface area contributed by atoms with E-state index in [2.05, 4.69) is 11.2 Å². The zero-order chi connectivity index (χ0) is 22.0. The second-order valence-corrected chi connectivity index (χ2v) is 8.18. The molecule has 2 aromatic heterocycles. The van der Waals surface area contributed by atoms with Gasteiger partial charge in [-0.3, -0.25) is 9.48 Å². The summed E-state index contributed by atoms with van der Waals surface area (Å²) in [4.78, 5) is 16.8. The number of halogens is 1. The van der Waals surface area contributed by atoms with Crippen LogP contribution in [0.15, 0.2) is 70.7 Å². The highest BCUT2D eigenvalue weighted by molar-refractivity contribution is 7.99. The highest BCUT2D eigenvalue weighted by atomic mass is 35.5. The second kappa shape index (κ2) is 8.68. The molecule has 0 aliphatic heterocycles. The summed E-state index contributed by atoms with van der Waals surface area (Å²) < 4.78 is 3.29. The lowest BCUT2D eigenvalue weighted by Gasteiger charge is -2.07. The smallest absolute Gasteiger partial charge is 0.325 e. The number of rotatable bonds is 6. The first-order valence-corrected chi connectivity index (χ1v) is 10.4. The van der Waals surface area contributed by atoms with Crippen LogP contribution < -0.4 is 0 Å². The Morgan fingerprint density at radius 1 is 1.16 bits per heavy atom. The molecule has 0 saturated carbocycles. The molecule has 4 rings (SSSR count). The molecule has 0 unspecified atom stereocenters. The summed E-state index contributed by atoms with van der Waals surface area (Å²) in [5, 5.41) is 24.0. The molecule has 1 N–H and O–H groups in total. The molecule has 31 heavy (non-hydrogen) atoms. The number of benzene rings is 2. The normalized spacial score (nSPS) is 10.7. The second-order valence-electron chi connectivity index (χ2n) is 6.69. The zero-order valence-electron chi connectivity index (χ0n) is 16.4. The lowest BCUT2D eigenvalue weighted by Crippen LogP contribution is -2.09. The van der Waals surface area contributed by atoms with Gasteiger partial charge in [-0.25, -0.2) is 4.98 Å². The van der Waals surface area contributed by atoms with Gasteiger partial charge in [-0.05, 0) is 42.5 Å². The van der Waals surface area contributed by atoms with Gasteiger partial charge in [0.15, 0.2) is 5.82 Å². The number of aliphatic carboxylic acids is 1. The van der Waals surface area contributed by atoms with E-state index in [4.69, 9.17) is 27.0 Å². The van der Waals surface area contributed by atoms with Gasteiger partial charge < -0.3 is 9.67 Å². The van der Waals surface area contributed by atoms with E-state index in [9.17, 15) is 4.79 Å². The monoisotopic (exact) mass is 449 g/mol. The van der Waals surface area contributed by atoms with Crippen LogP contribution >= 0.6 is 23.4 Å². The van der Waals surface area contributed by atoms with Gasteiger partial charge in [0.2, 0.25) is 0 Å². The van der Waals surface area contributed by atoms with E-state index in [-0.39, 0.29) is 6.54 Å². The number of aromatic nitrogens is 4. The van der Waals surface area contributed by atoms with Crippen LogP contribution in [0.4, 0.5) is 0 Å². The van der Waals surface area contributed by atoms with Crippen LogP contribution in [0, 0.1) is 11.3 Å². The first-order chi connectivity index (χ1) is 14.9. The van der Waals surface area contributed by atoms with Crippen LogP contribution in [-0.4, -0.2) is 30.4 Å². The molecule has 0 atom stereocenters. The summed E-state index contributed by atoms with van der Waals surface area (Å²) in [5.74, 6) is -0.355. The molecule has 154 valence electrons. The lowest BCUT2D eigenvalue weighted by molar-refractivity contribution is -0.137. The number of hydrogen-bond donors (Lipinski definition) is 1. The van der Waals surface area contributed by atoms with Crippen molar-refractivity contribution in [2.45, 2.75) is 16.5 Å². The Hall–Kier alpha value is -3.54. The van der Waals surface area contributed by atoms with Crippen molar-refractivity contribution < 1.29 is 9.90 Å². The quantitative estimate of drug-likeness (QED) is 0.457. The van der Waals surface area contributed by atoms with E-state index in [1.54, 1.807) is 24.4 Å². The van der Waals surface area contributed by atoms with E-state index >= 15 is 0 Å². The molecule has 0 amide bonds. The summed E-state index contributed by atoms with van der Waals surface area (Å²) >= 11 is 7.55. The van der Waals surface area contributed by atoms with Gasteiger partial charge in [-0.15, -0.1) is 0 Å². The third-order valence-corrected chi connectivity index (χ3v) is 5.95. The van der Waals surface area contributed by atoms with Gasteiger partial charge in [0.1, 0.15) is 23.0 Å². The molecule has 2 aromatic carbocycles. The molecule has 9 heteroatoms. The van der Waals surface area contributed by atoms with Gasteiger partial charge in [-0.1, -0.05) is 35.5 Å². The minimum Gasteiger partial charge on any atom is -0.480 e. The predicted octanol–water partition coefficient (Wildman–Crippen LogP) is 4.71. The Labute approximate surface area is 187 Å². The first kappa shape index (κ1) is 20.7. The van der Waals surface area contributed by atoms with Gasteiger partial charge >= 0.3 is 5.97 Å². The van der Waals surface area contributed by atoms with Gasteiger partial charge in [0.25, 0.3) is 0 Å². The fourth-order valence-corrected chi connectivity index (χ4v) is 4.15. The van der Waals surface area contributed by atoms with E-state index in [1.165, 1.54) is 16.4 Å². The summed E-state index contributed by atoms with van der Waals surface area (Å²) in [6, 6.07) is 18.6. The maximum atomic E-state index is 11.0. The Bertz CT molecular complexity index is 1290. The SMILES string of the molecule is Cn1c(-c2ccn(CC(=O)O)n2)nc(-c2ccc(C#N)cc2)c1Sc1ccc(Cl)cc1. The topological polar surface area (TPSA) is 96.7 Å². The third kappa shape index (κ3) is 4.48. The van der Waals surface area contributed by atoms with Gasteiger partial charge in [0.05, 0.1) is 11.6 Å². The van der Waals surface area contributed by atoms with Gasteiger partial charge in [-0.2, -0.15) is 10.4 Å². The van der Waals surface area contributed by atoms with Crippen LogP contribution in [0.25, 0.3) is 22.8 Å². The van der Waals surface area contributed by atoms with Crippen molar-refractivity contribution in [3.05, 3.63) is 71.4 Å². The summed E-state index contributed by atoms with van der Waals surface area (Å²) in [7, 11) is 1.89. The van der Waals surface area contributed by atoms with Crippen molar-refractivity contribution in [3.63, 3.8) is 0 Å². The van der Waals surface area contributed by atoms with Crippen molar-refractivity contribution in [3.8, 4) is 28.8 Å². The van der Waals surface area contributed by atoms with Crippen molar-refractivity contribution in [2.24, 2.45) is 7.05 Å². The summed E-state index contributed by atoms with van der Waals surface area (Å²) in [6.07, 6.45) is 1.62. The van der Waals surface area contributed by atoms with E-state index in [0.717, 1.165) is 21.2 Å². The van der Waals surface area contributed by atoms with Gasteiger partial charge in [0, 0.05) is 28.7 Å². The maximum absolute atomic E-state index is 11.0. The minimum absolute atomic E-state index is 0.223. The molecule has 0 spiro atoms. The molecule has 0 fully saturated rings. The highest BCUT2D eigenvalue weighted by Crippen LogP contribution is 2.38. The average molecular weight is 450 g/mol. The predicted molar refractivity (Wildman–Crippen MR) is 118 cm³/mol. The van der Waals surface area contributed by atoms with E-state index < -0.39 is 5.97 Å². The molecule has 0 aliphatic carbocycles. The Morgan fingerprint density at radius 3 is 2.52 bits per heavy atom. The highest BCUT2D eigenvalue weighted by Gasteiger charge is 2.20. The summed E-state index contributed by atoms with van der Waals surface area (Å²) in [6.45, 7) is -0.223. The average Bonchev–Trinajstić information content (AvgIpc) is 3.34. The largest absolute Gasteiger partial charge is 0.480 e. The number of carbonyl (C=O) groups is 1. The molecular weight excluding hydrogens is 434 g/mol. The molecule has 0 aliphatic rings. The standard InChI is InChI=1S/C22H16ClN5O2S/c1-27-21(18-10-11-28(26-18)13-19(29)30)25-20(15-4-2-14(12-24)3-5-15)22(27)31-17-8-6-16(23)7-9-17/h2-11H,13H2,1H3,(H,29,30). The van der Waals surface area contributed by atoms with E-state index in [1.807, 2.05) is 48.0 Å². The number of carboxylic acid groups (broad SMARTS) is 1. The van der Waals surface area contributed by atoms with Crippen LogP contribution in [0.5, 0.6) is 0 Å². The van der Waals surface area contributed by atoms with Crippen LogP contribution in [-0.2, 0) is 18.4 Å². The molecule has 0 bridgehead atoms. The molecule has 2 heterocycles. The Kier molecular flexibility index (Phi) is 5.80.